The zero-order valence-electron chi connectivity index (χ0n) is 8.64. The second-order valence-corrected chi connectivity index (χ2v) is 4.22. The summed E-state index contributed by atoms with van der Waals surface area (Å²) in [5, 5.41) is 3.89. The maximum absolute atomic E-state index is 13.7. The van der Waals surface area contributed by atoms with Gasteiger partial charge in [-0.05, 0) is 22.0 Å². The van der Waals surface area contributed by atoms with Crippen LogP contribution < -0.4 is 5.73 Å². The van der Waals surface area contributed by atoms with Crippen LogP contribution in [0.25, 0.3) is 11.3 Å². The largest absolute Gasteiger partial charge is 0.384 e. The highest BCUT2D eigenvalue weighted by molar-refractivity contribution is 9.10. The zero-order chi connectivity index (χ0) is 12.7. The minimum atomic E-state index is -1.27. The molecule has 90 valence electrons. The first-order chi connectivity index (χ1) is 7.91. The van der Waals surface area contributed by atoms with Gasteiger partial charge in [-0.2, -0.15) is 5.10 Å². The van der Waals surface area contributed by atoms with Crippen LogP contribution in [0.2, 0.25) is 0 Å². The molecule has 0 saturated carbocycles. The fourth-order valence-electron chi connectivity index (χ4n) is 1.37. The number of rotatable bonds is 1. The number of benzene rings is 1. The minimum absolute atomic E-state index is 0.141. The molecule has 0 aliphatic rings. The van der Waals surface area contributed by atoms with Crippen molar-refractivity contribution in [1.82, 2.24) is 9.78 Å². The molecule has 2 aromatic rings. The Morgan fingerprint density at radius 2 is 1.88 bits per heavy atom. The van der Waals surface area contributed by atoms with Crippen molar-refractivity contribution >= 4 is 21.7 Å². The Labute approximate surface area is 103 Å². The van der Waals surface area contributed by atoms with Crippen LogP contribution in [0.5, 0.6) is 0 Å². The van der Waals surface area contributed by atoms with E-state index in [1.807, 2.05) is 0 Å². The Hall–Kier alpha value is -1.50. The van der Waals surface area contributed by atoms with Gasteiger partial charge in [0.1, 0.15) is 11.6 Å². The van der Waals surface area contributed by atoms with Crippen molar-refractivity contribution < 1.29 is 13.2 Å². The van der Waals surface area contributed by atoms with Crippen LogP contribution in [0.15, 0.2) is 16.6 Å². The van der Waals surface area contributed by atoms with Crippen molar-refractivity contribution in [3.8, 4) is 11.3 Å². The van der Waals surface area contributed by atoms with Crippen molar-refractivity contribution in [2.75, 3.05) is 5.73 Å². The van der Waals surface area contributed by atoms with E-state index in [1.54, 1.807) is 7.05 Å². The van der Waals surface area contributed by atoms with Crippen LogP contribution in [0.1, 0.15) is 0 Å². The summed E-state index contributed by atoms with van der Waals surface area (Å²) in [5.41, 5.74) is 5.52. The summed E-state index contributed by atoms with van der Waals surface area (Å²) >= 11 is 2.65. The van der Waals surface area contributed by atoms with E-state index in [0.29, 0.717) is 5.82 Å². The lowest BCUT2D eigenvalue weighted by Gasteiger charge is -2.04. The summed E-state index contributed by atoms with van der Waals surface area (Å²) < 4.78 is 40.7. The maximum Gasteiger partial charge on any atom is 0.175 e. The molecule has 0 aliphatic heterocycles. The Bertz CT molecular complexity index is 575. The van der Waals surface area contributed by atoms with Gasteiger partial charge < -0.3 is 5.73 Å². The Balaban J connectivity index is 2.68. The van der Waals surface area contributed by atoms with Gasteiger partial charge in [0.05, 0.1) is 10.2 Å². The lowest BCUT2D eigenvalue weighted by molar-refractivity contribution is 0.489. The fraction of sp³-hybridized carbons (Fsp3) is 0.100. The predicted octanol–water partition coefficient (Wildman–Crippen LogP) is 2.85. The molecule has 2 rings (SSSR count). The quantitative estimate of drug-likeness (QED) is 0.650. The Morgan fingerprint density at radius 1 is 1.24 bits per heavy atom. The minimum Gasteiger partial charge on any atom is -0.384 e. The number of anilines is 1. The number of hydrogen-bond donors (Lipinski definition) is 1. The van der Waals surface area contributed by atoms with E-state index in [4.69, 9.17) is 5.73 Å². The summed E-state index contributed by atoms with van der Waals surface area (Å²) in [5.74, 6) is -3.05. The van der Waals surface area contributed by atoms with E-state index >= 15 is 0 Å². The van der Waals surface area contributed by atoms with Gasteiger partial charge in [-0.3, -0.25) is 4.68 Å². The molecule has 3 nitrogen and oxygen atoms in total. The first-order valence-electron chi connectivity index (χ1n) is 4.54. The van der Waals surface area contributed by atoms with Crippen molar-refractivity contribution in [3.63, 3.8) is 0 Å². The first-order valence-corrected chi connectivity index (χ1v) is 5.34. The Kier molecular flexibility index (Phi) is 2.86. The van der Waals surface area contributed by atoms with Gasteiger partial charge in [0, 0.05) is 18.7 Å². The van der Waals surface area contributed by atoms with Crippen LogP contribution in [0, 0.1) is 17.5 Å². The summed E-state index contributed by atoms with van der Waals surface area (Å²) in [6.07, 6.45) is 0. The van der Waals surface area contributed by atoms with Crippen LogP contribution in [0.4, 0.5) is 19.0 Å². The van der Waals surface area contributed by atoms with E-state index in [9.17, 15) is 13.2 Å². The fourth-order valence-corrected chi connectivity index (χ4v) is 1.78. The molecular formula is C10H7BrF3N3. The molecule has 0 fully saturated rings. The van der Waals surface area contributed by atoms with Gasteiger partial charge in [0.2, 0.25) is 0 Å². The smallest absolute Gasteiger partial charge is 0.175 e. The highest BCUT2D eigenvalue weighted by atomic mass is 79.9. The zero-order valence-corrected chi connectivity index (χ0v) is 10.2. The summed E-state index contributed by atoms with van der Waals surface area (Å²) in [6, 6.07) is 2.12. The number of hydrogen-bond acceptors (Lipinski definition) is 2. The van der Waals surface area contributed by atoms with Gasteiger partial charge in [0.15, 0.2) is 11.6 Å². The van der Waals surface area contributed by atoms with E-state index in [1.165, 1.54) is 10.7 Å². The molecule has 0 spiro atoms. The number of nitrogens with two attached hydrogens (primary N) is 1. The summed E-state index contributed by atoms with van der Waals surface area (Å²) in [7, 11) is 1.56. The number of halogens is 4. The maximum atomic E-state index is 13.7. The first kappa shape index (κ1) is 12.0. The highest BCUT2D eigenvalue weighted by Crippen LogP contribution is 2.31. The normalized spacial score (nSPS) is 10.9. The van der Waals surface area contributed by atoms with Crippen molar-refractivity contribution in [3.05, 3.63) is 34.1 Å². The van der Waals surface area contributed by atoms with Crippen LogP contribution in [0.3, 0.4) is 0 Å². The van der Waals surface area contributed by atoms with Crippen LogP contribution >= 0.6 is 15.9 Å². The van der Waals surface area contributed by atoms with Crippen LogP contribution in [-0.2, 0) is 7.05 Å². The molecule has 1 heterocycles. The number of nitrogens with zero attached hydrogens (tertiary/aromatic N) is 2. The third-order valence-corrected chi connectivity index (χ3v) is 2.99. The molecule has 17 heavy (non-hydrogen) atoms. The molecule has 7 heteroatoms. The number of nitrogen functional groups attached to an aromatic ring is 1. The van der Waals surface area contributed by atoms with E-state index < -0.39 is 21.9 Å². The van der Waals surface area contributed by atoms with E-state index in [2.05, 4.69) is 21.0 Å². The molecule has 2 N–H and O–H groups in total. The monoisotopic (exact) mass is 305 g/mol. The van der Waals surface area contributed by atoms with Gasteiger partial charge >= 0.3 is 0 Å². The molecule has 1 aromatic heterocycles. The van der Waals surface area contributed by atoms with Gasteiger partial charge in [-0.1, -0.05) is 0 Å². The second-order valence-electron chi connectivity index (χ2n) is 3.43. The average molecular weight is 306 g/mol. The van der Waals surface area contributed by atoms with Gasteiger partial charge in [0.25, 0.3) is 0 Å². The third kappa shape index (κ3) is 1.90. The lowest BCUT2D eigenvalue weighted by atomic mass is 10.1. The standard InChI is InChI=1S/C10H7BrF3N3/c1-17-7(15)3-6(16-17)4-2-5(12)10(14)8(11)9(4)13/h2-3H,15H2,1H3. The molecule has 0 aliphatic carbocycles. The summed E-state index contributed by atoms with van der Waals surface area (Å²) in [6.45, 7) is 0. The molecule has 0 bridgehead atoms. The molecular weight excluding hydrogens is 299 g/mol. The van der Waals surface area contributed by atoms with Crippen molar-refractivity contribution in [1.29, 1.82) is 0 Å². The predicted molar refractivity (Wildman–Crippen MR) is 60.6 cm³/mol. The molecule has 0 amide bonds. The molecule has 1 aromatic carbocycles. The SMILES string of the molecule is Cn1nc(-c2cc(F)c(F)c(Br)c2F)cc1N. The number of aromatic nitrogens is 2. The van der Waals surface area contributed by atoms with E-state index in [-0.39, 0.29) is 11.3 Å². The van der Waals surface area contributed by atoms with Gasteiger partial charge in [-0.15, -0.1) is 0 Å². The molecule has 0 saturated heterocycles. The molecule has 0 atom stereocenters. The van der Waals surface area contributed by atoms with Crippen molar-refractivity contribution in [2.45, 2.75) is 0 Å². The molecule has 0 unspecified atom stereocenters. The van der Waals surface area contributed by atoms with E-state index in [0.717, 1.165) is 6.07 Å². The lowest BCUT2D eigenvalue weighted by Crippen LogP contribution is -1.97. The third-order valence-electron chi connectivity index (χ3n) is 2.29. The van der Waals surface area contributed by atoms with Gasteiger partial charge in [-0.25, -0.2) is 13.2 Å². The van der Waals surface area contributed by atoms with Crippen LogP contribution in [-0.4, -0.2) is 9.78 Å². The summed E-state index contributed by atoms with van der Waals surface area (Å²) in [4.78, 5) is 0. The Morgan fingerprint density at radius 3 is 2.41 bits per heavy atom. The molecule has 0 radical (unpaired) electrons. The number of aryl methyl sites for hydroxylation is 1. The van der Waals surface area contributed by atoms with Crippen molar-refractivity contribution in [2.24, 2.45) is 7.05 Å². The second kappa shape index (κ2) is 4.06. The highest BCUT2D eigenvalue weighted by Gasteiger charge is 2.19. The average Bonchev–Trinajstić information content (AvgIpc) is 2.61. The topological polar surface area (TPSA) is 43.8 Å².